The van der Waals surface area contributed by atoms with E-state index in [4.69, 9.17) is 4.74 Å². The predicted octanol–water partition coefficient (Wildman–Crippen LogP) is 1.78. The number of piperidine rings is 1. The second kappa shape index (κ2) is 8.79. The van der Waals surface area contributed by atoms with Crippen molar-refractivity contribution in [2.45, 2.75) is 42.7 Å². The predicted molar refractivity (Wildman–Crippen MR) is 111 cm³/mol. The average molecular weight is 418 g/mol. The average Bonchev–Trinajstić information content (AvgIpc) is 2.74. The minimum Gasteiger partial charge on any atom is -0.381 e. The number of rotatable bonds is 5. The maximum atomic E-state index is 13.1. The Morgan fingerprint density at radius 3 is 2.34 bits per heavy atom. The third-order valence-corrected chi connectivity index (χ3v) is 7.21. The van der Waals surface area contributed by atoms with Gasteiger partial charge in [0.2, 0.25) is 10.0 Å². The van der Waals surface area contributed by atoms with Gasteiger partial charge in [-0.15, -0.1) is 0 Å². The van der Waals surface area contributed by atoms with Gasteiger partial charge in [0.25, 0.3) is 5.91 Å². The molecule has 0 saturated carbocycles. The van der Waals surface area contributed by atoms with E-state index in [2.05, 4.69) is 15.4 Å². The fraction of sp³-hybridized carbons (Fsp3) is 0.476. The molecule has 0 bridgehead atoms. The van der Waals surface area contributed by atoms with Gasteiger partial charge in [-0.1, -0.05) is 24.3 Å². The summed E-state index contributed by atoms with van der Waals surface area (Å²) in [6.45, 7) is 2.90. The van der Waals surface area contributed by atoms with Gasteiger partial charge in [0.15, 0.2) is 0 Å². The first-order valence-corrected chi connectivity index (χ1v) is 11.7. The Morgan fingerprint density at radius 2 is 1.62 bits per heavy atom. The van der Waals surface area contributed by atoms with Crippen LogP contribution in [0.3, 0.4) is 0 Å². The van der Waals surface area contributed by atoms with Crippen molar-refractivity contribution in [1.29, 1.82) is 0 Å². The highest BCUT2D eigenvalue weighted by Crippen LogP contribution is 2.27. The molecule has 2 aliphatic heterocycles. The van der Waals surface area contributed by atoms with Crippen molar-refractivity contribution in [1.82, 2.24) is 15.4 Å². The number of carbonyl (C=O) groups is 1. The Morgan fingerprint density at radius 1 is 0.931 bits per heavy atom. The third kappa shape index (κ3) is 4.61. The number of ether oxygens (including phenoxy) is 1. The Labute approximate surface area is 171 Å². The van der Waals surface area contributed by atoms with Gasteiger partial charge in [-0.3, -0.25) is 4.79 Å². The molecular weight excluding hydrogens is 390 g/mol. The van der Waals surface area contributed by atoms with Crippen LogP contribution < -0.4 is 15.4 Å². The maximum Gasteiger partial charge on any atom is 0.252 e. The Kier molecular flexibility index (Phi) is 6.15. The normalized spacial score (nSPS) is 19.3. The molecule has 0 unspecified atom stereocenters. The van der Waals surface area contributed by atoms with Crippen molar-refractivity contribution in [2.75, 3.05) is 26.3 Å². The molecule has 3 N–H and O–H groups in total. The molecule has 156 valence electrons. The Bertz CT molecular complexity index is 981. The first-order valence-electron chi connectivity index (χ1n) is 10.2. The fourth-order valence-electron chi connectivity index (χ4n) is 4.03. The zero-order valence-electron chi connectivity index (χ0n) is 16.3. The number of sulfonamides is 1. The second-order valence-corrected chi connectivity index (χ2v) is 9.34. The highest BCUT2D eigenvalue weighted by Gasteiger charge is 2.25. The second-order valence-electron chi connectivity index (χ2n) is 7.66. The van der Waals surface area contributed by atoms with E-state index in [1.54, 1.807) is 30.3 Å². The molecule has 2 aromatic carbocycles. The van der Waals surface area contributed by atoms with Gasteiger partial charge in [0.1, 0.15) is 0 Å². The molecule has 29 heavy (non-hydrogen) atoms. The monoisotopic (exact) mass is 417 g/mol. The molecule has 8 heteroatoms. The van der Waals surface area contributed by atoms with Crippen LogP contribution in [0.5, 0.6) is 0 Å². The first-order chi connectivity index (χ1) is 14.0. The molecule has 2 aromatic rings. The molecular formula is C21H27N3O4S. The van der Waals surface area contributed by atoms with Crippen LogP contribution in [0, 0.1) is 0 Å². The number of amides is 1. The number of nitrogens with one attached hydrogen (secondary N) is 3. The van der Waals surface area contributed by atoms with Crippen LogP contribution in [0.1, 0.15) is 36.0 Å². The van der Waals surface area contributed by atoms with Crippen molar-refractivity contribution in [3.05, 3.63) is 42.0 Å². The minimum atomic E-state index is -3.68. The van der Waals surface area contributed by atoms with Crippen LogP contribution >= 0.6 is 0 Å². The largest absolute Gasteiger partial charge is 0.381 e. The molecule has 0 atom stereocenters. The number of fused-ring (bicyclic) bond motifs is 1. The summed E-state index contributed by atoms with van der Waals surface area (Å²) in [4.78, 5) is 13.1. The SMILES string of the molecule is O=C(NC1CCOCC1)c1ccc(S(=O)(=O)NC2CCNCC2)c2ccccc12. The van der Waals surface area contributed by atoms with E-state index < -0.39 is 10.0 Å². The molecule has 1 amide bonds. The summed E-state index contributed by atoms with van der Waals surface area (Å²) < 4.78 is 34.3. The zero-order chi connectivity index (χ0) is 20.3. The van der Waals surface area contributed by atoms with E-state index in [9.17, 15) is 13.2 Å². The number of carbonyl (C=O) groups excluding carboxylic acids is 1. The fourth-order valence-corrected chi connectivity index (χ4v) is 5.55. The molecule has 2 saturated heterocycles. The molecule has 2 fully saturated rings. The van der Waals surface area contributed by atoms with Gasteiger partial charge in [0, 0.05) is 36.2 Å². The molecule has 7 nitrogen and oxygen atoms in total. The number of benzene rings is 2. The summed E-state index contributed by atoms with van der Waals surface area (Å²) in [5, 5.41) is 7.50. The first kappa shape index (κ1) is 20.3. The summed E-state index contributed by atoms with van der Waals surface area (Å²) in [7, 11) is -3.68. The lowest BCUT2D eigenvalue weighted by molar-refractivity contribution is 0.0697. The van der Waals surface area contributed by atoms with Crippen LogP contribution in [0.2, 0.25) is 0 Å². The van der Waals surface area contributed by atoms with Crippen LogP contribution in [-0.4, -0.2) is 52.7 Å². The highest BCUT2D eigenvalue weighted by molar-refractivity contribution is 7.89. The van der Waals surface area contributed by atoms with Crippen molar-refractivity contribution < 1.29 is 17.9 Å². The molecule has 2 heterocycles. The van der Waals surface area contributed by atoms with E-state index in [1.165, 1.54) is 0 Å². The summed E-state index contributed by atoms with van der Waals surface area (Å²) in [6.07, 6.45) is 3.11. The van der Waals surface area contributed by atoms with E-state index in [0.717, 1.165) is 38.8 Å². The Balaban J connectivity index is 1.63. The Hall–Kier alpha value is -2.00. The van der Waals surface area contributed by atoms with Gasteiger partial charge in [-0.2, -0.15) is 0 Å². The van der Waals surface area contributed by atoms with E-state index in [0.29, 0.717) is 29.5 Å². The summed E-state index contributed by atoms with van der Waals surface area (Å²) in [5.41, 5.74) is 0.493. The van der Waals surface area contributed by atoms with Gasteiger partial charge in [-0.05, 0) is 56.3 Å². The quantitative estimate of drug-likeness (QED) is 0.689. The van der Waals surface area contributed by atoms with Crippen LogP contribution in [-0.2, 0) is 14.8 Å². The van der Waals surface area contributed by atoms with Crippen LogP contribution in [0.25, 0.3) is 10.8 Å². The maximum absolute atomic E-state index is 13.1. The molecule has 0 spiro atoms. The topological polar surface area (TPSA) is 96.5 Å². The summed E-state index contributed by atoms with van der Waals surface area (Å²) in [5.74, 6) is -0.177. The van der Waals surface area contributed by atoms with Crippen LogP contribution in [0.15, 0.2) is 41.3 Å². The van der Waals surface area contributed by atoms with E-state index in [1.807, 2.05) is 6.07 Å². The molecule has 0 aliphatic carbocycles. The third-order valence-electron chi connectivity index (χ3n) is 5.64. The minimum absolute atomic E-state index is 0.0727. The van der Waals surface area contributed by atoms with Gasteiger partial charge in [-0.25, -0.2) is 13.1 Å². The van der Waals surface area contributed by atoms with Crippen molar-refractivity contribution in [2.24, 2.45) is 0 Å². The molecule has 0 aromatic heterocycles. The number of hydrogen-bond donors (Lipinski definition) is 3. The lowest BCUT2D eigenvalue weighted by Gasteiger charge is -2.24. The van der Waals surface area contributed by atoms with E-state index >= 15 is 0 Å². The zero-order valence-corrected chi connectivity index (χ0v) is 17.1. The van der Waals surface area contributed by atoms with Gasteiger partial charge < -0.3 is 15.4 Å². The highest BCUT2D eigenvalue weighted by atomic mass is 32.2. The van der Waals surface area contributed by atoms with Crippen molar-refractivity contribution >= 4 is 26.7 Å². The lowest BCUT2D eigenvalue weighted by atomic mass is 10.0. The molecule has 2 aliphatic rings. The van der Waals surface area contributed by atoms with Crippen molar-refractivity contribution in [3.8, 4) is 0 Å². The summed E-state index contributed by atoms with van der Waals surface area (Å²) in [6, 6.07) is 10.4. The van der Waals surface area contributed by atoms with Crippen molar-refractivity contribution in [3.63, 3.8) is 0 Å². The lowest BCUT2D eigenvalue weighted by Crippen LogP contribution is -2.42. The smallest absolute Gasteiger partial charge is 0.252 e. The number of hydrogen-bond acceptors (Lipinski definition) is 5. The van der Waals surface area contributed by atoms with E-state index in [-0.39, 0.29) is 22.9 Å². The standard InChI is InChI=1S/C21H27N3O4S/c25-21(23-15-9-13-28-14-10-15)19-5-6-20(18-4-2-1-3-17(18)19)29(26,27)24-16-7-11-22-12-8-16/h1-6,15-16,22,24H,7-14H2,(H,23,25). The van der Waals surface area contributed by atoms with Crippen LogP contribution in [0.4, 0.5) is 0 Å². The van der Waals surface area contributed by atoms with Gasteiger partial charge >= 0.3 is 0 Å². The van der Waals surface area contributed by atoms with Gasteiger partial charge in [0.05, 0.1) is 4.90 Å². The molecule has 0 radical (unpaired) electrons. The summed E-state index contributed by atoms with van der Waals surface area (Å²) >= 11 is 0. The molecule has 4 rings (SSSR count).